The van der Waals surface area contributed by atoms with Gasteiger partial charge >= 0.3 is 0 Å². The molecule has 68 valence electrons. The number of aliphatic imine (C=N–C) groups is 3. The third-order valence-corrected chi connectivity index (χ3v) is 2.99. The monoisotopic (exact) mass is 196 g/mol. The molecule has 4 nitrogen and oxygen atoms in total. The molecule has 2 unspecified atom stereocenters. The van der Waals surface area contributed by atoms with E-state index in [1.54, 1.807) is 6.34 Å². The van der Waals surface area contributed by atoms with E-state index in [0.717, 1.165) is 18.8 Å². The van der Waals surface area contributed by atoms with E-state index in [0.29, 0.717) is 5.17 Å². The lowest BCUT2D eigenvalue weighted by Gasteiger charge is -2.23. The van der Waals surface area contributed by atoms with Gasteiger partial charge < -0.3 is 4.90 Å². The lowest BCUT2D eigenvalue weighted by molar-refractivity contribution is 0.358. The molecular formula is C8H9ClN4. The summed E-state index contributed by atoms with van der Waals surface area (Å²) in [6.07, 6.45) is 3.89. The van der Waals surface area contributed by atoms with Gasteiger partial charge in [-0.3, -0.25) is 4.99 Å². The Kier molecular flexibility index (Phi) is 1.47. The molecule has 0 aromatic carbocycles. The molecule has 13 heavy (non-hydrogen) atoms. The van der Waals surface area contributed by atoms with Crippen molar-refractivity contribution in [2.24, 2.45) is 15.0 Å². The van der Waals surface area contributed by atoms with Crippen molar-refractivity contribution in [3.8, 4) is 0 Å². The molecule has 0 aliphatic carbocycles. The van der Waals surface area contributed by atoms with Crippen LogP contribution in [0.2, 0.25) is 0 Å². The van der Waals surface area contributed by atoms with E-state index in [1.807, 2.05) is 0 Å². The van der Waals surface area contributed by atoms with Crippen LogP contribution >= 0.6 is 11.6 Å². The summed E-state index contributed by atoms with van der Waals surface area (Å²) in [5.41, 5.74) is 0. The Labute approximate surface area is 81.0 Å². The zero-order valence-corrected chi connectivity index (χ0v) is 7.78. The first-order chi connectivity index (χ1) is 6.36. The summed E-state index contributed by atoms with van der Waals surface area (Å²) in [6, 6.07) is -0.0260. The summed E-state index contributed by atoms with van der Waals surface area (Å²) in [6.45, 7) is 1.06. The van der Waals surface area contributed by atoms with Crippen LogP contribution in [0.3, 0.4) is 0 Å². The summed E-state index contributed by atoms with van der Waals surface area (Å²) < 4.78 is 0. The molecule has 1 saturated heterocycles. The van der Waals surface area contributed by atoms with Crippen molar-refractivity contribution < 1.29 is 0 Å². The Hall–Kier alpha value is -0.900. The molecule has 2 atom stereocenters. The normalized spacial score (nSPS) is 35.6. The highest BCUT2D eigenvalue weighted by atomic mass is 35.5. The van der Waals surface area contributed by atoms with Crippen molar-refractivity contribution in [1.82, 2.24) is 4.90 Å². The summed E-state index contributed by atoms with van der Waals surface area (Å²) in [5, 5.41) is 0.571. The van der Waals surface area contributed by atoms with Crippen LogP contribution in [0, 0.1) is 0 Å². The van der Waals surface area contributed by atoms with Gasteiger partial charge in [0.1, 0.15) is 23.4 Å². The minimum Gasteiger partial charge on any atom is -0.336 e. The number of fused-ring (bicyclic) bond motifs is 3. The zero-order chi connectivity index (χ0) is 8.84. The van der Waals surface area contributed by atoms with Crippen molar-refractivity contribution in [3.63, 3.8) is 0 Å². The zero-order valence-electron chi connectivity index (χ0n) is 7.02. The van der Waals surface area contributed by atoms with Gasteiger partial charge in [0.25, 0.3) is 0 Å². The van der Waals surface area contributed by atoms with Crippen LogP contribution in [0.4, 0.5) is 0 Å². The molecule has 3 heterocycles. The molecule has 0 amide bonds. The van der Waals surface area contributed by atoms with Gasteiger partial charge in [-0.25, -0.2) is 9.98 Å². The van der Waals surface area contributed by atoms with E-state index in [4.69, 9.17) is 11.6 Å². The van der Waals surface area contributed by atoms with E-state index in [9.17, 15) is 0 Å². The van der Waals surface area contributed by atoms with Gasteiger partial charge in [0.2, 0.25) is 0 Å². The first-order valence-electron chi connectivity index (χ1n) is 4.44. The SMILES string of the molecule is ClC1=NC=NC2C1N=C1CCCN12. The van der Waals surface area contributed by atoms with Crippen molar-refractivity contribution in [1.29, 1.82) is 0 Å². The van der Waals surface area contributed by atoms with Crippen LogP contribution in [-0.4, -0.2) is 41.0 Å². The van der Waals surface area contributed by atoms with Gasteiger partial charge in [-0.05, 0) is 6.42 Å². The summed E-state index contributed by atoms with van der Waals surface area (Å²) in [7, 11) is 0. The Balaban J connectivity index is 2.00. The quantitative estimate of drug-likeness (QED) is 0.567. The highest BCUT2D eigenvalue weighted by molar-refractivity contribution is 6.67. The Morgan fingerprint density at radius 2 is 2.46 bits per heavy atom. The fourth-order valence-electron chi connectivity index (χ4n) is 2.07. The van der Waals surface area contributed by atoms with E-state index >= 15 is 0 Å². The van der Waals surface area contributed by atoms with E-state index in [1.165, 1.54) is 6.42 Å². The maximum absolute atomic E-state index is 5.95. The first-order valence-corrected chi connectivity index (χ1v) is 4.82. The molecule has 3 aliphatic rings. The standard InChI is InChI=1S/C8H9ClN4/c9-7-6-8(11-4-10-7)13-3-1-2-5(13)12-6/h4,6,8H,1-3H2. The number of amidine groups is 1. The second-order valence-corrected chi connectivity index (χ2v) is 3.80. The van der Waals surface area contributed by atoms with Crippen molar-refractivity contribution in [2.75, 3.05) is 6.54 Å². The molecule has 1 fully saturated rings. The van der Waals surface area contributed by atoms with Crippen LogP contribution in [0.1, 0.15) is 12.8 Å². The average Bonchev–Trinajstić information content (AvgIpc) is 2.65. The fourth-order valence-corrected chi connectivity index (χ4v) is 2.28. The van der Waals surface area contributed by atoms with Crippen molar-refractivity contribution >= 4 is 28.9 Å². The van der Waals surface area contributed by atoms with Gasteiger partial charge in [-0.1, -0.05) is 11.6 Å². The van der Waals surface area contributed by atoms with E-state index < -0.39 is 0 Å². The predicted molar refractivity (Wildman–Crippen MR) is 52.7 cm³/mol. The highest BCUT2D eigenvalue weighted by Crippen LogP contribution is 2.29. The van der Waals surface area contributed by atoms with Crippen molar-refractivity contribution in [3.05, 3.63) is 0 Å². The molecule has 0 aromatic heterocycles. The maximum atomic E-state index is 5.95. The maximum Gasteiger partial charge on any atom is 0.153 e. The molecular weight excluding hydrogens is 188 g/mol. The van der Waals surface area contributed by atoms with E-state index in [-0.39, 0.29) is 12.2 Å². The second-order valence-electron chi connectivity index (χ2n) is 3.42. The smallest absolute Gasteiger partial charge is 0.153 e. The number of halogens is 1. The third kappa shape index (κ3) is 0.950. The minimum absolute atomic E-state index is 0.0260. The van der Waals surface area contributed by atoms with Gasteiger partial charge in [0.15, 0.2) is 6.17 Å². The summed E-state index contributed by atoms with van der Waals surface area (Å²) in [5.74, 6) is 1.16. The van der Waals surface area contributed by atoms with Crippen LogP contribution in [0.25, 0.3) is 0 Å². The number of rotatable bonds is 0. The van der Waals surface area contributed by atoms with Gasteiger partial charge in [-0.2, -0.15) is 0 Å². The van der Waals surface area contributed by atoms with Gasteiger partial charge in [-0.15, -0.1) is 0 Å². The average molecular weight is 197 g/mol. The third-order valence-electron chi connectivity index (χ3n) is 2.67. The molecule has 3 rings (SSSR count). The first kappa shape index (κ1) is 7.50. The lowest BCUT2D eigenvalue weighted by atomic mass is 10.2. The molecule has 0 N–H and O–H groups in total. The number of hydrogen-bond acceptors (Lipinski definition) is 4. The molecule has 0 radical (unpaired) electrons. The molecule has 3 aliphatic heterocycles. The molecule has 0 spiro atoms. The number of hydrogen-bond donors (Lipinski definition) is 0. The van der Waals surface area contributed by atoms with Crippen LogP contribution in [0.15, 0.2) is 15.0 Å². The van der Waals surface area contributed by atoms with Crippen LogP contribution < -0.4 is 0 Å². The molecule has 0 bridgehead atoms. The Morgan fingerprint density at radius 3 is 3.38 bits per heavy atom. The van der Waals surface area contributed by atoms with E-state index in [2.05, 4.69) is 19.9 Å². The largest absolute Gasteiger partial charge is 0.336 e. The van der Waals surface area contributed by atoms with Crippen LogP contribution in [0.5, 0.6) is 0 Å². The lowest BCUT2D eigenvalue weighted by Crippen LogP contribution is -2.39. The highest BCUT2D eigenvalue weighted by Gasteiger charge is 2.41. The Morgan fingerprint density at radius 1 is 1.54 bits per heavy atom. The molecule has 5 heteroatoms. The van der Waals surface area contributed by atoms with Gasteiger partial charge in [0, 0.05) is 13.0 Å². The molecule has 0 aromatic rings. The predicted octanol–water partition coefficient (Wildman–Crippen LogP) is 0.868. The number of nitrogens with zero attached hydrogens (tertiary/aromatic N) is 4. The topological polar surface area (TPSA) is 40.3 Å². The molecule has 0 saturated carbocycles. The fraction of sp³-hybridized carbons (Fsp3) is 0.625. The minimum atomic E-state index is -0.0260. The summed E-state index contributed by atoms with van der Waals surface area (Å²) in [4.78, 5) is 15.0. The second kappa shape index (κ2) is 2.54. The summed E-state index contributed by atoms with van der Waals surface area (Å²) >= 11 is 5.95. The van der Waals surface area contributed by atoms with Crippen molar-refractivity contribution in [2.45, 2.75) is 25.0 Å². The van der Waals surface area contributed by atoms with Gasteiger partial charge in [0.05, 0.1) is 0 Å². The Bertz CT molecular complexity index is 333. The van der Waals surface area contributed by atoms with Crippen LogP contribution in [-0.2, 0) is 0 Å².